The number of hydrogen-bond donors (Lipinski definition) is 5. The van der Waals surface area contributed by atoms with Crippen LogP contribution < -0.4 is 0 Å². The molecule has 10 atom stereocenters. The topological polar surface area (TPSA) is 180 Å². The van der Waals surface area contributed by atoms with Gasteiger partial charge in [-0.15, -0.1) is 0 Å². The zero-order chi connectivity index (χ0) is 53.7. The Morgan fingerprint density at radius 3 is 1.17 bits per heavy atom. The van der Waals surface area contributed by atoms with E-state index in [0.29, 0.717) is 44.9 Å². The molecule has 11 nitrogen and oxygen atoms in total. The first-order chi connectivity index (χ1) is 33.6. The second kappa shape index (κ2) is 41.5. The van der Waals surface area contributed by atoms with Crippen LogP contribution >= 0.6 is 0 Å². The maximum atomic E-state index is 13.1. The third-order valence-corrected chi connectivity index (χ3v) is 16.0. The van der Waals surface area contributed by atoms with Crippen molar-refractivity contribution in [2.75, 3.05) is 7.11 Å². The molecule has 0 amide bonds. The molecule has 0 aromatic carbocycles. The van der Waals surface area contributed by atoms with Gasteiger partial charge in [0, 0.05) is 31.1 Å². The van der Waals surface area contributed by atoms with Gasteiger partial charge in [-0.3, -0.25) is 14.4 Å². The van der Waals surface area contributed by atoms with Crippen LogP contribution in [-0.4, -0.2) is 92.3 Å². The van der Waals surface area contributed by atoms with Crippen molar-refractivity contribution in [3.63, 3.8) is 0 Å². The van der Waals surface area contributed by atoms with Crippen molar-refractivity contribution in [1.29, 1.82) is 0 Å². The summed E-state index contributed by atoms with van der Waals surface area (Å²) in [6.07, 6.45) is 27.6. The summed E-state index contributed by atoms with van der Waals surface area (Å²) in [5.74, 6) is -0.893. The quantitative estimate of drug-likeness (QED) is 0.0222. The molecule has 0 fully saturated rings. The van der Waals surface area contributed by atoms with Crippen molar-refractivity contribution in [1.82, 2.24) is 0 Å². The summed E-state index contributed by atoms with van der Waals surface area (Å²) in [5, 5.41) is 54.8. The first kappa shape index (κ1) is 69.2. The number of ether oxygens (including phenoxy) is 3. The number of esters is 3. The van der Waals surface area contributed by atoms with Gasteiger partial charge in [0.25, 0.3) is 0 Å². The molecule has 0 rings (SSSR count). The van der Waals surface area contributed by atoms with Crippen LogP contribution in [0.2, 0.25) is 0 Å². The molecule has 0 radical (unpaired) electrons. The molecule has 0 saturated carbocycles. The Labute approximate surface area is 436 Å². The van der Waals surface area contributed by atoms with E-state index < -0.39 is 35.6 Å². The fourth-order valence-corrected chi connectivity index (χ4v) is 10.2. The van der Waals surface area contributed by atoms with Gasteiger partial charge in [0.05, 0.1) is 37.6 Å². The minimum absolute atomic E-state index is 0.0669. The van der Waals surface area contributed by atoms with E-state index in [0.717, 1.165) is 135 Å². The molecule has 11 heteroatoms. The largest absolute Gasteiger partial charge is 0.469 e. The third kappa shape index (κ3) is 34.4. The molecular formula is C60H116O11. The van der Waals surface area contributed by atoms with Crippen molar-refractivity contribution in [2.24, 2.45) is 29.6 Å². The minimum atomic E-state index is -0.858. The van der Waals surface area contributed by atoms with Crippen molar-refractivity contribution in [2.45, 2.75) is 329 Å². The van der Waals surface area contributed by atoms with E-state index in [9.17, 15) is 39.9 Å². The van der Waals surface area contributed by atoms with E-state index in [1.54, 1.807) is 0 Å². The lowest BCUT2D eigenvalue weighted by atomic mass is 9.80. The number of hydrogen-bond acceptors (Lipinski definition) is 11. The number of carbonyl (C=O) groups excluding carboxylic acids is 3. The van der Waals surface area contributed by atoms with E-state index in [-0.39, 0.29) is 53.6 Å². The monoisotopic (exact) mass is 1010 g/mol. The number of rotatable bonds is 48. The third-order valence-electron chi connectivity index (χ3n) is 16.0. The lowest BCUT2D eigenvalue weighted by molar-refractivity contribution is -0.168. The van der Waals surface area contributed by atoms with Gasteiger partial charge in [0.2, 0.25) is 0 Å². The highest BCUT2D eigenvalue weighted by Crippen LogP contribution is 2.34. The van der Waals surface area contributed by atoms with Crippen molar-refractivity contribution in [3.05, 3.63) is 0 Å². The standard InChI is InChI=1S/C60H116O11/c1-12-14-16-17-21-29-37-50(53(63)40-32-24-20-25-33-41-56(66)69-11)60(9,10)71-58(68)43-35-27-19-23-31-39-52(62)48(5)45-55(65)49(6)59(7,8)70-57(67)42-34-26-18-22-30-38-51(61)47(4)44-54(64)46(3)36-28-15-13-2/h46-55,61-65H,12-45H2,1-11H3. The maximum absolute atomic E-state index is 13.1. The van der Waals surface area contributed by atoms with Crippen molar-refractivity contribution >= 4 is 17.9 Å². The summed E-state index contributed by atoms with van der Waals surface area (Å²) in [4.78, 5) is 37.3. The van der Waals surface area contributed by atoms with Crippen LogP contribution in [-0.2, 0) is 28.6 Å². The lowest BCUT2D eigenvalue weighted by Gasteiger charge is -2.37. The van der Waals surface area contributed by atoms with Crippen LogP contribution in [0.25, 0.3) is 0 Å². The molecule has 0 bridgehead atoms. The molecule has 0 spiro atoms. The van der Waals surface area contributed by atoms with Crippen LogP contribution in [0.15, 0.2) is 0 Å². The van der Waals surface area contributed by atoms with E-state index >= 15 is 0 Å². The summed E-state index contributed by atoms with van der Waals surface area (Å²) >= 11 is 0. The van der Waals surface area contributed by atoms with Gasteiger partial charge in [0.1, 0.15) is 11.2 Å². The van der Waals surface area contributed by atoms with Crippen LogP contribution in [0.1, 0.15) is 288 Å². The number of aliphatic hydroxyl groups excluding tert-OH is 5. The zero-order valence-corrected chi connectivity index (χ0v) is 48.0. The summed E-state index contributed by atoms with van der Waals surface area (Å²) < 4.78 is 16.7. The van der Waals surface area contributed by atoms with Gasteiger partial charge in [-0.05, 0) is 110 Å². The number of aliphatic hydroxyl groups is 5. The highest BCUT2D eigenvalue weighted by Gasteiger charge is 2.38. The Balaban J connectivity index is 4.55. The molecule has 0 heterocycles. The molecule has 0 aliphatic rings. The fourth-order valence-electron chi connectivity index (χ4n) is 10.2. The van der Waals surface area contributed by atoms with Gasteiger partial charge in [0.15, 0.2) is 0 Å². The Hall–Kier alpha value is -1.79. The summed E-state index contributed by atoms with van der Waals surface area (Å²) in [7, 11) is 1.42. The van der Waals surface area contributed by atoms with Crippen molar-refractivity contribution in [3.8, 4) is 0 Å². The summed E-state index contributed by atoms with van der Waals surface area (Å²) in [6.45, 7) is 20.0. The molecule has 10 unspecified atom stereocenters. The Bertz CT molecular complexity index is 1300. The summed E-state index contributed by atoms with van der Waals surface area (Å²) in [5.41, 5.74) is -1.63. The van der Waals surface area contributed by atoms with E-state index in [1.165, 1.54) is 45.6 Å². The van der Waals surface area contributed by atoms with Crippen LogP contribution in [0, 0.1) is 29.6 Å². The fraction of sp³-hybridized carbons (Fsp3) is 0.950. The summed E-state index contributed by atoms with van der Waals surface area (Å²) in [6, 6.07) is 0. The predicted octanol–water partition coefficient (Wildman–Crippen LogP) is 14.1. The van der Waals surface area contributed by atoms with Gasteiger partial charge >= 0.3 is 17.9 Å². The minimum Gasteiger partial charge on any atom is -0.469 e. The average Bonchev–Trinajstić information content (AvgIpc) is 3.31. The van der Waals surface area contributed by atoms with E-state index in [4.69, 9.17) is 14.2 Å². The second-order valence-electron chi connectivity index (χ2n) is 23.3. The van der Waals surface area contributed by atoms with Gasteiger partial charge < -0.3 is 39.7 Å². The molecule has 71 heavy (non-hydrogen) atoms. The Kier molecular flexibility index (Phi) is 40.4. The van der Waals surface area contributed by atoms with Crippen molar-refractivity contribution < 1.29 is 54.1 Å². The predicted molar refractivity (Wildman–Crippen MR) is 291 cm³/mol. The molecule has 0 aromatic heterocycles. The normalized spacial score (nSPS) is 16.6. The average molecular weight is 1010 g/mol. The first-order valence-electron chi connectivity index (χ1n) is 29.5. The molecule has 0 aromatic rings. The molecule has 0 aliphatic carbocycles. The highest BCUT2D eigenvalue weighted by molar-refractivity contribution is 5.70. The van der Waals surface area contributed by atoms with Crippen LogP contribution in [0.3, 0.4) is 0 Å². The molecule has 422 valence electrons. The number of methoxy groups -OCH3 is 1. The molecule has 0 aliphatic heterocycles. The van der Waals surface area contributed by atoms with Crippen LogP contribution in [0.4, 0.5) is 0 Å². The first-order valence-corrected chi connectivity index (χ1v) is 29.5. The number of carbonyl (C=O) groups is 3. The highest BCUT2D eigenvalue weighted by atomic mass is 16.6. The SMILES string of the molecule is CCCCCCCCC(C(O)CCCCCCCC(=O)OC)C(C)(C)OC(=O)CCCCCCCC(O)C(C)CC(O)C(C)C(C)(C)OC(=O)CCCCCCCC(O)C(C)CC(O)C(C)CCCCC. The van der Waals surface area contributed by atoms with Gasteiger partial charge in [-0.2, -0.15) is 0 Å². The van der Waals surface area contributed by atoms with E-state index in [1.807, 2.05) is 48.5 Å². The Morgan fingerprint density at radius 2 is 0.718 bits per heavy atom. The lowest BCUT2D eigenvalue weighted by Crippen LogP contribution is -2.43. The smallest absolute Gasteiger partial charge is 0.306 e. The van der Waals surface area contributed by atoms with Gasteiger partial charge in [-0.25, -0.2) is 0 Å². The molecular weight excluding hydrogens is 897 g/mol. The van der Waals surface area contributed by atoms with E-state index in [2.05, 4.69) is 20.8 Å². The van der Waals surface area contributed by atoms with Gasteiger partial charge in [-0.1, -0.05) is 176 Å². The maximum Gasteiger partial charge on any atom is 0.306 e. The molecule has 5 N–H and O–H groups in total. The Morgan fingerprint density at radius 1 is 0.380 bits per heavy atom. The molecule has 0 saturated heterocycles. The van der Waals surface area contributed by atoms with Crippen LogP contribution in [0.5, 0.6) is 0 Å². The zero-order valence-electron chi connectivity index (χ0n) is 48.0. The second-order valence-corrected chi connectivity index (χ2v) is 23.3. The number of unbranched alkanes of at least 4 members (excludes halogenated alkanes) is 19.